The molecular weight excluding hydrogens is 348 g/mol. The van der Waals surface area contributed by atoms with Crippen molar-refractivity contribution in [1.29, 1.82) is 0 Å². The third-order valence-corrected chi connectivity index (χ3v) is 8.54. The fourth-order valence-corrected chi connectivity index (χ4v) is 6.47. The van der Waals surface area contributed by atoms with Crippen molar-refractivity contribution in [3.8, 4) is 0 Å². The number of hydrogen-bond donors (Lipinski definition) is 0. The molecule has 3 heteroatoms. The van der Waals surface area contributed by atoms with Crippen LogP contribution in [0.4, 0.5) is 0 Å². The van der Waals surface area contributed by atoms with Gasteiger partial charge in [-0.15, -0.1) is 0 Å². The first-order valence-electron chi connectivity index (χ1n) is 8.97. The molecule has 0 unspecified atom stereocenters. The van der Waals surface area contributed by atoms with Gasteiger partial charge in [0, 0.05) is 14.2 Å². The van der Waals surface area contributed by atoms with Gasteiger partial charge in [-0.25, -0.2) is 0 Å². The lowest BCUT2D eigenvalue weighted by molar-refractivity contribution is 0.273. The van der Waals surface area contributed by atoms with Crippen LogP contribution in [-0.4, -0.2) is 22.8 Å². The second-order valence-corrected chi connectivity index (χ2v) is 9.78. The molecule has 0 N–H and O–H groups in total. The Balaban J connectivity index is 1.90. The summed E-state index contributed by atoms with van der Waals surface area (Å²) in [7, 11) is 0.725. The van der Waals surface area contributed by atoms with E-state index < -0.39 is 8.56 Å². The lowest BCUT2D eigenvalue weighted by atomic mass is 10.0. The molecule has 0 aliphatic carbocycles. The Labute approximate surface area is 160 Å². The molecule has 4 rings (SSSR count). The zero-order valence-electron chi connectivity index (χ0n) is 15.6. The van der Waals surface area contributed by atoms with Gasteiger partial charge < -0.3 is 8.85 Å². The van der Waals surface area contributed by atoms with E-state index in [1.165, 1.54) is 21.5 Å². The maximum absolute atomic E-state index is 6.06. The number of benzene rings is 4. The van der Waals surface area contributed by atoms with Crippen LogP contribution in [0.2, 0.25) is 0 Å². The van der Waals surface area contributed by atoms with Crippen molar-refractivity contribution in [2.45, 2.75) is 0 Å². The molecule has 0 aliphatic rings. The van der Waals surface area contributed by atoms with Crippen molar-refractivity contribution in [3.63, 3.8) is 0 Å². The summed E-state index contributed by atoms with van der Waals surface area (Å²) < 4.78 is 12.1. The lowest BCUT2D eigenvalue weighted by Gasteiger charge is -2.28. The highest BCUT2D eigenvalue weighted by molar-refractivity contribution is 6.92. The van der Waals surface area contributed by atoms with Crippen molar-refractivity contribution in [2.75, 3.05) is 14.2 Å². The van der Waals surface area contributed by atoms with Gasteiger partial charge in [-0.05, 0) is 37.5 Å². The van der Waals surface area contributed by atoms with Gasteiger partial charge >= 0.3 is 8.56 Å². The molecule has 0 aliphatic heterocycles. The van der Waals surface area contributed by atoms with E-state index in [-0.39, 0.29) is 0 Å². The van der Waals surface area contributed by atoms with Gasteiger partial charge in [0.15, 0.2) is 0 Å². The second kappa shape index (κ2) is 7.12. The molecular formula is C24H22O2Si. The first kappa shape index (κ1) is 17.7. The largest absolute Gasteiger partial charge is 0.406 e. The summed E-state index contributed by atoms with van der Waals surface area (Å²) in [6.45, 7) is 3.83. The summed E-state index contributed by atoms with van der Waals surface area (Å²) >= 11 is 0. The minimum absolute atomic E-state index is 1.08. The first-order chi connectivity index (χ1) is 13.2. The molecule has 0 radical (unpaired) electrons. The maximum Gasteiger partial charge on any atom is 0.406 e. The lowest BCUT2D eigenvalue weighted by Crippen LogP contribution is -2.62. The van der Waals surface area contributed by atoms with E-state index in [1.807, 2.05) is 6.08 Å². The fourth-order valence-electron chi connectivity index (χ4n) is 3.78. The van der Waals surface area contributed by atoms with Crippen LogP contribution in [0.15, 0.2) is 85.4 Å². The second-order valence-electron chi connectivity index (χ2n) is 6.57. The Bertz CT molecular complexity index is 1110. The highest BCUT2D eigenvalue weighted by Crippen LogP contribution is 2.25. The Morgan fingerprint density at radius 1 is 0.704 bits per heavy atom. The highest BCUT2D eigenvalue weighted by atomic mass is 28.4. The van der Waals surface area contributed by atoms with E-state index in [0.29, 0.717) is 0 Å². The number of hydrogen-bond acceptors (Lipinski definition) is 2. The third kappa shape index (κ3) is 2.90. The topological polar surface area (TPSA) is 18.5 Å². The Hall–Kier alpha value is -2.72. The molecule has 4 aromatic carbocycles. The Kier molecular flexibility index (Phi) is 4.66. The Morgan fingerprint density at radius 3 is 2.04 bits per heavy atom. The molecule has 0 atom stereocenters. The normalized spacial score (nSPS) is 11.8. The van der Waals surface area contributed by atoms with Gasteiger partial charge in [0.1, 0.15) is 0 Å². The van der Waals surface area contributed by atoms with E-state index in [4.69, 9.17) is 8.85 Å². The minimum atomic E-state index is -2.75. The van der Waals surface area contributed by atoms with Gasteiger partial charge in [0.05, 0.1) is 0 Å². The molecule has 0 aromatic heterocycles. The molecule has 0 saturated carbocycles. The summed E-state index contributed by atoms with van der Waals surface area (Å²) in [6.07, 6.45) is 1.84. The molecule has 134 valence electrons. The standard InChI is InChI=1S/C24H22O2Si/c1-4-18-9-13-21(14-10-18)27(25-2,26-3)22-15-16-24-20(17-22)12-11-19-7-5-6-8-23(19)24/h4-17H,1H2,2-3H3. The molecule has 27 heavy (non-hydrogen) atoms. The van der Waals surface area contributed by atoms with Crippen LogP contribution in [0, 0.1) is 0 Å². The van der Waals surface area contributed by atoms with Crippen LogP contribution >= 0.6 is 0 Å². The quantitative estimate of drug-likeness (QED) is 0.381. The predicted molar refractivity (Wildman–Crippen MR) is 117 cm³/mol. The van der Waals surface area contributed by atoms with E-state index in [1.54, 1.807) is 14.2 Å². The van der Waals surface area contributed by atoms with Crippen LogP contribution in [0.1, 0.15) is 5.56 Å². The molecule has 0 bridgehead atoms. The van der Waals surface area contributed by atoms with Gasteiger partial charge in [-0.2, -0.15) is 0 Å². The molecule has 4 aromatic rings. The predicted octanol–water partition coefficient (Wildman–Crippen LogP) is 4.49. The fraction of sp³-hybridized carbons (Fsp3) is 0.0833. The molecule has 0 spiro atoms. The first-order valence-corrected chi connectivity index (χ1v) is 10.8. The summed E-state index contributed by atoms with van der Waals surface area (Å²) in [5.74, 6) is 0. The Morgan fingerprint density at radius 2 is 1.33 bits per heavy atom. The van der Waals surface area contributed by atoms with Gasteiger partial charge in [0.2, 0.25) is 0 Å². The molecule has 0 fully saturated rings. The zero-order valence-corrected chi connectivity index (χ0v) is 16.6. The zero-order chi connectivity index (χ0) is 18.9. The van der Waals surface area contributed by atoms with Crippen molar-refractivity contribution < 1.29 is 8.85 Å². The van der Waals surface area contributed by atoms with Crippen LogP contribution < -0.4 is 10.4 Å². The van der Waals surface area contributed by atoms with E-state index in [9.17, 15) is 0 Å². The average molecular weight is 371 g/mol. The van der Waals surface area contributed by atoms with Crippen molar-refractivity contribution in [2.24, 2.45) is 0 Å². The maximum atomic E-state index is 6.06. The van der Waals surface area contributed by atoms with Gasteiger partial charge in [-0.3, -0.25) is 0 Å². The smallest absolute Gasteiger partial charge is 0.391 e. The summed E-state index contributed by atoms with van der Waals surface area (Å²) in [5, 5.41) is 7.13. The van der Waals surface area contributed by atoms with Crippen LogP contribution in [0.25, 0.3) is 27.6 Å². The summed E-state index contributed by atoms with van der Waals surface area (Å²) in [4.78, 5) is 0. The van der Waals surface area contributed by atoms with Gasteiger partial charge in [-0.1, -0.05) is 91.5 Å². The molecule has 0 amide bonds. The third-order valence-electron chi connectivity index (χ3n) is 5.23. The van der Waals surface area contributed by atoms with E-state index >= 15 is 0 Å². The SMILES string of the molecule is C=Cc1ccc([Si](OC)(OC)c2ccc3c(ccc4ccccc43)c2)cc1. The van der Waals surface area contributed by atoms with Crippen molar-refractivity contribution in [3.05, 3.63) is 91.0 Å². The molecule has 2 nitrogen and oxygen atoms in total. The van der Waals surface area contributed by atoms with Crippen molar-refractivity contribution >= 4 is 46.6 Å². The summed E-state index contributed by atoms with van der Waals surface area (Å²) in [5.41, 5.74) is 1.08. The monoisotopic (exact) mass is 370 g/mol. The minimum Gasteiger partial charge on any atom is -0.391 e. The highest BCUT2D eigenvalue weighted by Gasteiger charge is 2.40. The molecule has 0 saturated heterocycles. The number of fused-ring (bicyclic) bond motifs is 3. The number of rotatable bonds is 5. The summed E-state index contributed by atoms with van der Waals surface area (Å²) in [6, 6.07) is 27.6. The van der Waals surface area contributed by atoms with E-state index in [0.717, 1.165) is 15.9 Å². The van der Waals surface area contributed by atoms with Gasteiger partial charge in [0.25, 0.3) is 0 Å². The van der Waals surface area contributed by atoms with Crippen molar-refractivity contribution in [1.82, 2.24) is 0 Å². The average Bonchev–Trinajstić information content (AvgIpc) is 2.75. The van der Waals surface area contributed by atoms with E-state index in [2.05, 4.69) is 85.4 Å². The molecule has 0 heterocycles. The van der Waals surface area contributed by atoms with Crippen LogP contribution in [0.5, 0.6) is 0 Å². The van der Waals surface area contributed by atoms with Crippen LogP contribution in [0.3, 0.4) is 0 Å². The van der Waals surface area contributed by atoms with Crippen LogP contribution in [-0.2, 0) is 8.85 Å².